The Morgan fingerprint density at radius 1 is 1.59 bits per heavy atom. The molecule has 0 amide bonds. The van der Waals surface area contributed by atoms with Crippen LogP contribution in [-0.2, 0) is 11.3 Å². The SMILES string of the molecule is COc1nc2ccn(CC[C@H]3CCOC3)c(=O)c2cc1C#N. The normalized spacial score (nSPS) is 17.5. The van der Waals surface area contributed by atoms with Crippen molar-refractivity contribution in [3.63, 3.8) is 0 Å². The van der Waals surface area contributed by atoms with Gasteiger partial charge >= 0.3 is 0 Å². The molecule has 0 aromatic carbocycles. The third-order valence-electron chi connectivity index (χ3n) is 4.04. The van der Waals surface area contributed by atoms with E-state index >= 15 is 0 Å². The highest BCUT2D eigenvalue weighted by Gasteiger charge is 2.16. The van der Waals surface area contributed by atoms with Crippen LogP contribution in [0.2, 0.25) is 0 Å². The molecule has 1 aliphatic heterocycles. The van der Waals surface area contributed by atoms with Gasteiger partial charge in [-0.25, -0.2) is 4.98 Å². The minimum Gasteiger partial charge on any atom is -0.480 e. The van der Waals surface area contributed by atoms with Crippen molar-refractivity contribution in [1.82, 2.24) is 9.55 Å². The van der Waals surface area contributed by atoms with Crippen LogP contribution in [-0.4, -0.2) is 29.9 Å². The van der Waals surface area contributed by atoms with Gasteiger partial charge in [-0.2, -0.15) is 5.26 Å². The van der Waals surface area contributed by atoms with Crippen LogP contribution >= 0.6 is 0 Å². The zero-order valence-electron chi connectivity index (χ0n) is 12.4. The molecule has 0 bridgehead atoms. The van der Waals surface area contributed by atoms with Crippen LogP contribution < -0.4 is 10.3 Å². The molecular formula is C16H17N3O3. The first kappa shape index (κ1) is 14.5. The molecule has 6 nitrogen and oxygen atoms in total. The van der Waals surface area contributed by atoms with E-state index in [9.17, 15) is 4.79 Å². The molecule has 1 aliphatic rings. The summed E-state index contributed by atoms with van der Waals surface area (Å²) in [6, 6.07) is 5.35. The van der Waals surface area contributed by atoms with Crippen LogP contribution in [0.1, 0.15) is 18.4 Å². The van der Waals surface area contributed by atoms with E-state index in [1.165, 1.54) is 7.11 Å². The topological polar surface area (TPSA) is 77.1 Å². The molecule has 1 fully saturated rings. The van der Waals surface area contributed by atoms with Crippen molar-refractivity contribution in [2.24, 2.45) is 5.92 Å². The highest BCUT2D eigenvalue weighted by Crippen LogP contribution is 2.20. The summed E-state index contributed by atoms with van der Waals surface area (Å²) in [5.74, 6) is 0.765. The van der Waals surface area contributed by atoms with E-state index in [4.69, 9.17) is 14.7 Å². The zero-order chi connectivity index (χ0) is 15.5. The largest absolute Gasteiger partial charge is 0.480 e. The van der Waals surface area contributed by atoms with Crippen LogP contribution in [0.4, 0.5) is 0 Å². The smallest absolute Gasteiger partial charge is 0.260 e. The molecule has 6 heteroatoms. The summed E-state index contributed by atoms with van der Waals surface area (Å²) in [7, 11) is 1.46. The van der Waals surface area contributed by atoms with Gasteiger partial charge in [0.05, 0.1) is 18.0 Å². The fourth-order valence-corrected chi connectivity index (χ4v) is 2.74. The second-order valence-corrected chi connectivity index (χ2v) is 5.42. The average Bonchev–Trinajstić information content (AvgIpc) is 3.06. The van der Waals surface area contributed by atoms with Crippen molar-refractivity contribution >= 4 is 10.9 Å². The predicted octanol–water partition coefficient (Wildman–Crippen LogP) is 1.70. The number of aromatic nitrogens is 2. The van der Waals surface area contributed by atoms with E-state index in [1.54, 1.807) is 22.9 Å². The Morgan fingerprint density at radius 3 is 3.14 bits per heavy atom. The Balaban J connectivity index is 1.94. The van der Waals surface area contributed by atoms with Crippen LogP contribution in [0.15, 0.2) is 23.1 Å². The highest BCUT2D eigenvalue weighted by atomic mass is 16.5. The molecule has 1 atom stereocenters. The molecule has 0 aliphatic carbocycles. The van der Waals surface area contributed by atoms with E-state index in [-0.39, 0.29) is 17.0 Å². The fraction of sp³-hybridized carbons (Fsp3) is 0.438. The Bertz CT molecular complexity index is 786. The average molecular weight is 299 g/mol. The lowest BCUT2D eigenvalue weighted by Gasteiger charge is -2.11. The summed E-state index contributed by atoms with van der Waals surface area (Å²) in [6.07, 6.45) is 3.72. The second-order valence-electron chi connectivity index (χ2n) is 5.42. The lowest BCUT2D eigenvalue weighted by molar-refractivity contribution is 0.183. The van der Waals surface area contributed by atoms with E-state index in [2.05, 4.69) is 4.98 Å². The standard InChI is InChI=1S/C16H17N3O3/c1-21-15-12(9-17)8-13-14(18-15)3-6-19(16(13)20)5-2-11-4-7-22-10-11/h3,6,8,11H,2,4-5,7,10H2,1H3/t11-/m0/s1. The Labute approximate surface area is 127 Å². The molecule has 0 N–H and O–H groups in total. The number of nitrogens with zero attached hydrogens (tertiary/aromatic N) is 3. The number of hydrogen-bond donors (Lipinski definition) is 0. The number of aryl methyl sites for hydroxylation is 1. The van der Waals surface area contributed by atoms with Gasteiger partial charge in [0.25, 0.3) is 5.56 Å². The lowest BCUT2D eigenvalue weighted by atomic mass is 10.1. The summed E-state index contributed by atoms with van der Waals surface area (Å²) in [6.45, 7) is 2.24. The molecule has 2 aromatic rings. The quantitative estimate of drug-likeness (QED) is 0.858. The minimum absolute atomic E-state index is 0.122. The molecule has 114 valence electrons. The maximum atomic E-state index is 12.5. The molecule has 1 saturated heterocycles. The van der Waals surface area contributed by atoms with E-state index in [1.807, 2.05) is 6.07 Å². The second kappa shape index (κ2) is 6.16. The Morgan fingerprint density at radius 2 is 2.45 bits per heavy atom. The first-order valence-electron chi connectivity index (χ1n) is 7.29. The molecular weight excluding hydrogens is 282 g/mol. The van der Waals surface area contributed by atoms with Gasteiger partial charge in [0.15, 0.2) is 0 Å². The number of rotatable bonds is 4. The number of hydrogen-bond acceptors (Lipinski definition) is 5. The van der Waals surface area contributed by atoms with Gasteiger partial charge in [-0.1, -0.05) is 0 Å². The number of ether oxygens (including phenoxy) is 2. The molecule has 0 radical (unpaired) electrons. The van der Waals surface area contributed by atoms with Crippen molar-refractivity contribution in [2.45, 2.75) is 19.4 Å². The van der Waals surface area contributed by atoms with E-state index < -0.39 is 0 Å². The predicted molar refractivity (Wildman–Crippen MR) is 80.8 cm³/mol. The molecule has 3 heterocycles. The Kier molecular flexibility index (Phi) is 4.07. The lowest BCUT2D eigenvalue weighted by Crippen LogP contribution is -2.21. The van der Waals surface area contributed by atoms with Crippen molar-refractivity contribution in [2.75, 3.05) is 20.3 Å². The maximum Gasteiger partial charge on any atom is 0.260 e. The van der Waals surface area contributed by atoms with Gasteiger partial charge < -0.3 is 14.0 Å². The van der Waals surface area contributed by atoms with E-state index in [0.717, 1.165) is 26.1 Å². The van der Waals surface area contributed by atoms with Gasteiger partial charge in [0.1, 0.15) is 11.6 Å². The highest BCUT2D eigenvalue weighted by molar-refractivity contribution is 5.79. The number of pyridine rings is 2. The van der Waals surface area contributed by atoms with Crippen LogP contribution in [0.3, 0.4) is 0 Å². The molecule has 3 rings (SSSR count). The number of nitriles is 1. The first-order valence-corrected chi connectivity index (χ1v) is 7.29. The van der Waals surface area contributed by atoms with Crippen molar-refractivity contribution < 1.29 is 9.47 Å². The third-order valence-corrected chi connectivity index (χ3v) is 4.04. The summed E-state index contributed by atoms with van der Waals surface area (Å²) in [5.41, 5.74) is 0.693. The summed E-state index contributed by atoms with van der Waals surface area (Å²) < 4.78 is 12.1. The zero-order valence-corrected chi connectivity index (χ0v) is 12.4. The summed E-state index contributed by atoms with van der Waals surface area (Å²) >= 11 is 0. The molecule has 0 saturated carbocycles. The third kappa shape index (κ3) is 2.68. The van der Waals surface area contributed by atoms with E-state index in [0.29, 0.717) is 23.4 Å². The minimum atomic E-state index is -0.122. The Hall–Kier alpha value is -2.39. The van der Waals surface area contributed by atoms with Crippen LogP contribution in [0.25, 0.3) is 10.9 Å². The summed E-state index contributed by atoms with van der Waals surface area (Å²) in [4.78, 5) is 16.8. The van der Waals surface area contributed by atoms with Gasteiger partial charge in [-0.05, 0) is 30.9 Å². The monoisotopic (exact) mass is 299 g/mol. The van der Waals surface area contributed by atoms with Gasteiger partial charge in [-0.15, -0.1) is 0 Å². The molecule has 0 spiro atoms. The fourth-order valence-electron chi connectivity index (χ4n) is 2.74. The molecule has 0 unspecified atom stereocenters. The van der Waals surface area contributed by atoms with Crippen molar-refractivity contribution in [3.05, 3.63) is 34.2 Å². The number of methoxy groups -OCH3 is 1. The van der Waals surface area contributed by atoms with Crippen molar-refractivity contribution in [3.8, 4) is 11.9 Å². The van der Waals surface area contributed by atoms with Crippen LogP contribution in [0, 0.1) is 17.2 Å². The van der Waals surface area contributed by atoms with Gasteiger partial charge in [0.2, 0.25) is 5.88 Å². The number of fused-ring (bicyclic) bond motifs is 1. The molecule has 22 heavy (non-hydrogen) atoms. The maximum absolute atomic E-state index is 12.5. The van der Waals surface area contributed by atoms with Crippen molar-refractivity contribution in [1.29, 1.82) is 5.26 Å². The molecule has 2 aromatic heterocycles. The van der Waals surface area contributed by atoms with Crippen LogP contribution in [0.5, 0.6) is 5.88 Å². The van der Waals surface area contributed by atoms with Gasteiger partial charge in [-0.3, -0.25) is 4.79 Å². The first-order chi connectivity index (χ1) is 10.7. The summed E-state index contributed by atoms with van der Waals surface area (Å²) in [5, 5.41) is 9.57. The van der Waals surface area contributed by atoms with Gasteiger partial charge in [0, 0.05) is 26.0 Å².